The zero-order valence-corrected chi connectivity index (χ0v) is 14.4. The molecule has 8 heteroatoms. The fourth-order valence-electron chi connectivity index (χ4n) is 3.01. The summed E-state index contributed by atoms with van der Waals surface area (Å²) in [5, 5.41) is 6.55. The van der Waals surface area contributed by atoms with Crippen molar-refractivity contribution in [2.45, 2.75) is 24.4 Å². The molecule has 1 aliphatic carbocycles. The SMILES string of the molecule is O=C(Nc1ccc(C(F)(F)F)cc1)C1(c2cc(-c3ccccc3F)on2)CC1. The summed E-state index contributed by atoms with van der Waals surface area (Å²) in [6, 6.07) is 11.8. The van der Waals surface area contributed by atoms with Crippen molar-refractivity contribution in [3.05, 3.63) is 71.7 Å². The Labute approximate surface area is 157 Å². The van der Waals surface area contributed by atoms with E-state index in [1.54, 1.807) is 18.2 Å². The molecule has 0 atom stereocenters. The molecule has 28 heavy (non-hydrogen) atoms. The van der Waals surface area contributed by atoms with Crippen LogP contribution in [0.25, 0.3) is 11.3 Å². The molecule has 4 rings (SSSR count). The van der Waals surface area contributed by atoms with E-state index in [1.807, 2.05) is 0 Å². The Morgan fingerprint density at radius 2 is 1.75 bits per heavy atom. The maximum atomic E-state index is 13.9. The first-order valence-corrected chi connectivity index (χ1v) is 8.50. The van der Waals surface area contributed by atoms with Crippen LogP contribution in [0.2, 0.25) is 0 Å². The maximum Gasteiger partial charge on any atom is 0.416 e. The lowest BCUT2D eigenvalue weighted by Gasteiger charge is -2.13. The van der Waals surface area contributed by atoms with Crippen molar-refractivity contribution in [1.29, 1.82) is 0 Å². The van der Waals surface area contributed by atoms with Gasteiger partial charge in [-0.1, -0.05) is 17.3 Å². The van der Waals surface area contributed by atoms with Crippen LogP contribution in [0.5, 0.6) is 0 Å². The van der Waals surface area contributed by atoms with E-state index in [0.29, 0.717) is 18.5 Å². The van der Waals surface area contributed by atoms with Crippen LogP contribution in [0.4, 0.5) is 23.2 Å². The Kier molecular flexibility index (Phi) is 4.21. The smallest absolute Gasteiger partial charge is 0.356 e. The van der Waals surface area contributed by atoms with Crippen LogP contribution in [-0.2, 0) is 16.4 Å². The van der Waals surface area contributed by atoms with E-state index < -0.39 is 23.0 Å². The number of benzene rings is 2. The molecule has 144 valence electrons. The summed E-state index contributed by atoms with van der Waals surface area (Å²) >= 11 is 0. The summed E-state index contributed by atoms with van der Waals surface area (Å²) in [4.78, 5) is 12.7. The first kappa shape index (κ1) is 18.2. The normalized spacial score (nSPS) is 15.3. The summed E-state index contributed by atoms with van der Waals surface area (Å²) < 4.78 is 57.1. The topological polar surface area (TPSA) is 55.1 Å². The molecule has 0 unspecified atom stereocenters. The minimum atomic E-state index is -4.44. The number of carbonyl (C=O) groups is 1. The van der Waals surface area contributed by atoms with Gasteiger partial charge in [0.15, 0.2) is 5.76 Å². The molecular weight excluding hydrogens is 376 g/mol. The largest absolute Gasteiger partial charge is 0.416 e. The highest BCUT2D eigenvalue weighted by atomic mass is 19.4. The van der Waals surface area contributed by atoms with E-state index in [1.165, 1.54) is 24.3 Å². The van der Waals surface area contributed by atoms with Crippen molar-refractivity contribution in [3.63, 3.8) is 0 Å². The van der Waals surface area contributed by atoms with Gasteiger partial charge in [0.05, 0.1) is 22.2 Å². The van der Waals surface area contributed by atoms with Gasteiger partial charge >= 0.3 is 6.18 Å². The van der Waals surface area contributed by atoms with Crippen LogP contribution in [0, 0.1) is 5.82 Å². The molecule has 0 saturated heterocycles. The van der Waals surface area contributed by atoms with Crippen LogP contribution in [0.1, 0.15) is 24.1 Å². The molecule has 0 bridgehead atoms. The molecule has 0 spiro atoms. The van der Waals surface area contributed by atoms with Gasteiger partial charge in [0.2, 0.25) is 5.91 Å². The van der Waals surface area contributed by atoms with Gasteiger partial charge in [0, 0.05) is 11.8 Å². The predicted molar refractivity (Wildman–Crippen MR) is 92.9 cm³/mol. The zero-order chi connectivity index (χ0) is 19.9. The van der Waals surface area contributed by atoms with Crippen molar-refractivity contribution < 1.29 is 26.9 Å². The monoisotopic (exact) mass is 390 g/mol. The molecule has 1 aromatic heterocycles. The molecule has 0 radical (unpaired) electrons. The molecule has 1 heterocycles. The standard InChI is InChI=1S/C20H14F4N2O2/c21-15-4-2-1-3-14(15)16-11-17(26-28-16)19(9-10-19)18(27)25-13-7-5-12(6-8-13)20(22,23)24/h1-8,11H,9-10H2,(H,25,27). The van der Waals surface area contributed by atoms with Gasteiger partial charge in [-0.25, -0.2) is 4.39 Å². The molecule has 1 N–H and O–H groups in total. The number of nitrogens with zero attached hydrogens (tertiary/aromatic N) is 1. The minimum absolute atomic E-state index is 0.210. The Morgan fingerprint density at radius 1 is 1.07 bits per heavy atom. The van der Waals surface area contributed by atoms with Gasteiger partial charge in [-0.2, -0.15) is 13.2 Å². The Bertz CT molecular complexity index is 1020. The Morgan fingerprint density at radius 3 is 2.36 bits per heavy atom. The van der Waals surface area contributed by atoms with Crippen LogP contribution >= 0.6 is 0 Å². The summed E-state index contributed by atoms with van der Waals surface area (Å²) in [6.45, 7) is 0. The zero-order valence-electron chi connectivity index (χ0n) is 14.4. The molecule has 4 nitrogen and oxygen atoms in total. The van der Waals surface area contributed by atoms with Gasteiger partial charge < -0.3 is 9.84 Å². The third kappa shape index (κ3) is 3.26. The first-order valence-electron chi connectivity index (χ1n) is 8.50. The molecule has 0 aliphatic heterocycles. The quantitative estimate of drug-likeness (QED) is 0.626. The number of hydrogen-bond donors (Lipinski definition) is 1. The number of anilines is 1. The lowest BCUT2D eigenvalue weighted by Crippen LogP contribution is -2.28. The number of nitrogens with one attached hydrogen (secondary N) is 1. The summed E-state index contributed by atoms with van der Waals surface area (Å²) in [5.41, 5.74) is -0.856. The van der Waals surface area contributed by atoms with E-state index in [9.17, 15) is 22.4 Å². The van der Waals surface area contributed by atoms with E-state index in [2.05, 4.69) is 10.5 Å². The van der Waals surface area contributed by atoms with Crippen LogP contribution < -0.4 is 5.32 Å². The highest BCUT2D eigenvalue weighted by molar-refractivity contribution is 6.01. The Balaban J connectivity index is 1.53. The van der Waals surface area contributed by atoms with Gasteiger partial charge in [-0.3, -0.25) is 4.79 Å². The Hall–Kier alpha value is -3.16. The fourth-order valence-corrected chi connectivity index (χ4v) is 3.01. The van der Waals surface area contributed by atoms with E-state index in [4.69, 9.17) is 4.52 Å². The molecule has 1 saturated carbocycles. The minimum Gasteiger partial charge on any atom is -0.356 e. The van der Waals surface area contributed by atoms with Crippen molar-refractivity contribution in [3.8, 4) is 11.3 Å². The van der Waals surface area contributed by atoms with Gasteiger partial charge in [0.25, 0.3) is 0 Å². The molecule has 1 aliphatic rings. The number of alkyl halides is 3. The summed E-state index contributed by atoms with van der Waals surface area (Å²) in [7, 11) is 0. The molecule has 1 amide bonds. The van der Waals surface area contributed by atoms with E-state index >= 15 is 0 Å². The van der Waals surface area contributed by atoms with Crippen molar-refractivity contribution >= 4 is 11.6 Å². The third-order valence-corrected chi connectivity index (χ3v) is 4.79. The first-order chi connectivity index (χ1) is 13.3. The second kappa shape index (κ2) is 6.47. The van der Waals surface area contributed by atoms with Crippen LogP contribution in [0.15, 0.2) is 59.1 Å². The number of carbonyl (C=O) groups excluding carboxylic acids is 1. The highest BCUT2D eigenvalue weighted by Gasteiger charge is 2.54. The second-order valence-electron chi connectivity index (χ2n) is 6.67. The average Bonchev–Trinajstić information content (AvgIpc) is 3.33. The highest BCUT2D eigenvalue weighted by Crippen LogP contribution is 2.49. The van der Waals surface area contributed by atoms with E-state index in [-0.39, 0.29) is 22.9 Å². The van der Waals surface area contributed by atoms with Crippen LogP contribution in [0.3, 0.4) is 0 Å². The van der Waals surface area contributed by atoms with E-state index in [0.717, 1.165) is 12.1 Å². The third-order valence-electron chi connectivity index (χ3n) is 4.79. The number of hydrogen-bond acceptors (Lipinski definition) is 3. The van der Waals surface area contributed by atoms with Gasteiger partial charge in [-0.15, -0.1) is 0 Å². The molecule has 1 fully saturated rings. The number of rotatable bonds is 4. The van der Waals surface area contributed by atoms with Crippen molar-refractivity contribution in [2.24, 2.45) is 0 Å². The molecule has 2 aromatic carbocycles. The lowest BCUT2D eigenvalue weighted by molar-refractivity contribution is -0.137. The average molecular weight is 390 g/mol. The maximum absolute atomic E-state index is 13.9. The van der Waals surface area contributed by atoms with Gasteiger partial charge in [0.1, 0.15) is 5.82 Å². The van der Waals surface area contributed by atoms with Crippen molar-refractivity contribution in [1.82, 2.24) is 5.16 Å². The second-order valence-corrected chi connectivity index (χ2v) is 6.67. The number of halogens is 4. The molecule has 3 aromatic rings. The number of aromatic nitrogens is 1. The lowest BCUT2D eigenvalue weighted by atomic mass is 10.00. The summed E-state index contributed by atoms with van der Waals surface area (Å²) in [6.07, 6.45) is -3.41. The number of amides is 1. The fraction of sp³-hybridized carbons (Fsp3) is 0.200. The summed E-state index contributed by atoms with van der Waals surface area (Å²) in [5.74, 6) is -0.647. The predicted octanol–water partition coefficient (Wildman–Crippen LogP) is 5.17. The molecular formula is C20H14F4N2O2. The van der Waals surface area contributed by atoms with Crippen LogP contribution in [-0.4, -0.2) is 11.1 Å². The van der Waals surface area contributed by atoms with Crippen molar-refractivity contribution in [2.75, 3.05) is 5.32 Å². The van der Waals surface area contributed by atoms with Gasteiger partial charge in [-0.05, 0) is 49.2 Å².